The van der Waals surface area contributed by atoms with Crippen LogP contribution in [0.15, 0.2) is 18.2 Å². The van der Waals surface area contributed by atoms with Gasteiger partial charge in [-0.25, -0.2) is 0 Å². The molecule has 0 bridgehead atoms. The number of hydrogen-bond donors (Lipinski definition) is 1. The van der Waals surface area contributed by atoms with Gasteiger partial charge in [0.2, 0.25) is 0 Å². The van der Waals surface area contributed by atoms with Crippen molar-refractivity contribution in [3.63, 3.8) is 0 Å². The van der Waals surface area contributed by atoms with Crippen molar-refractivity contribution in [3.05, 3.63) is 29.3 Å². The SMILES string of the molecule is CC(C1CC1)N1Cc2cc(N)ccc2C1=O. The average Bonchev–Trinajstić information content (AvgIpc) is 3.04. The minimum absolute atomic E-state index is 0.175. The number of nitrogens with two attached hydrogens (primary N) is 1. The van der Waals surface area contributed by atoms with Gasteiger partial charge < -0.3 is 10.6 Å². The minimum Gasteiger partial charge on any atom is -0.399 e. The Labute approximate surface area is 95.2 Å². The van der Waals surface area contributed by atoms with E-state index < -0.39 is 0 Å². The van der Waals surface area contributed by atoms with Crippen LogP contribution in [0.25, 0.3) is 0 Å². The van der Waals surface area contributed by atoms with E-state index in [0.29, 0.717) is 6.04 Å². The number of fused-ring (bicyclic) bond motifs is 1. The summed E-state index contributed by atoms with van der Waals surface area (Å²) in [6.45, 7) is 2.89. The van der Waals surface area contributed by atoms with Crippen LogP contribution in [0.1, 0.15) is 35.7 Å². The Hall–Kier alpha value is -1.51. The summed E-state index contributed by atoms with van der Waals surface area (Å²) in [5.74, 6) is 0.894. The van der Waals surface area contributed by atoms with Crippen molar-refractivity contribution >= 4 is 11.6 Å². The number of anilines is 1. The minimum atomic E-state index is 0.175. The summed E-state index contributed by atoms with van der Waals surface area (Å²) >= 11 is 0. The third-order valence-corrected chi connectivity index (χ3v) is 3.76. The lowest BCUT2D eigenvalue weighted by Gasteiger charge is -2.23. The van der Waals surface area contributed by atoms with Gasteiger partial charge in [-0.1, -0.05) is 0 Å². The molecule has 1 amide bonds. The molecule has 1 heterocycles. The van der Waals surface area contributed by atoms with E-state index in [9.17, 15) is 4.79 Å². The molecule has 2 aliphatic rings. The molecule has 1 unspecified atom stereocenters. The topological polar surface area (TPSA) is 46.3 Å². The zero-order chi connectivity index (χ0) is 11.3. The van der Waals surface area contributed by atoms with Crippen LogP contribution < -0.4 is 5.73 Å². The van der Waals surface area contributed by atoms with E-state index in [4.69, 9.17) is 5.73 Å². The fraction of sp³-hybridized carbons (Fsp3) is 0.462. The second-order valence-electron chi connectivity index (χ2n) is 4.93. The average molecular weight is 216 g/mol. The summed E-state index contributed by atoms with van der Waals surface area (Å²) in [5, 5.41) is 0. The number of rotatable bonds is 2. The molecule has 0 radical (unpaired) electrons. The fourth-order valence-electron chi connectivity index (χ4n) is 2.53. The lowest BCUT2D eigenvalue weighted by molar-refractivity contribution is 0.0697. The van der Waals surface area contributed by atoms with Gasteiger partial charge in [-0.2, -0.15) is 0 Å². The lowest BCUT2D eigenvalue weighted by atomic mass is 10.1. The molecule has 1 aromatic carbocycles. The largest absolute Gasteiger partial charge is 0.399 e. The van der Waals surface area contributed by atoms with Gasteiger partial charge in [-0.3, -0.25) is 4.79 Å². The van der Waals surface area contributed by atoms with Gasteiger partial charge in [-0.15, -0.1) is 0 Å². The Morgan fingerprint density at radius 1 is 1.44 bits per heavy atom. The second kappa shape index (κ2) is 3.24. The first-order valence-electron chi connectivity index (χ1n) is 5.86. The molecule has 0 saturated heterocycles. The van der Waals surface area contributed by atoms with E-state index in [-0.39, 0.29) is 5.91 Å². The van der Waals surface area contributed by atoms with E-state index in [0.717, 1.165) is 29.3 Å². The predicted octanol–water partition coefficient (Wildman–Crippen LogP) is 2.02. The van der Waals surface area contributed by atoms with Crippen molar-refractivity contribution in [3.8, 4) is 0 Å². The van der Waals surface area contributed by atoms with Crippen LogP contribution in [0, 0.1) is 5.92 Å². The maximum atomic E-state index is 12.2. The van der Waals surface area contributed by atoms with Gasteiger partial charge in [0, 0.05) is 23.8 Å². The molecule has 0 spiro atoms. The third-order valence-electron chi connectivity index (χ3n) is 3.76. The van der Waals surface area contributed by atoms with E-state index >= 15 is 0 Å². The standard InChI is InChI=1S/C13H16N2O/c1-8(9-2-3-9)15-7-10-6-11(14)4-5-12(10)13(15)16/h4-6,8-9H,2-3,7,14H2,1H3. The normalized spacial score (nSPS) is 21.1. The van der Waals surface area contributed by atoms with Crippen molar-refractivity contribution in [2.45, 2.75) is 32.4 Å². The lowest BCUT2D eigenvalue weighted by Crippen LogP contribution is -2.34. The molecule has 1 fully saturated rings. The van der Waals surface area contributed by atoms with Crippen LogP contribution >= 0.6 is 0 Å². The number of hydrogen-bond acceptors (Lipinski definition) is 2. The zero-order valence-electron chi connectivity index (χ0n) is 9.44. The number of carbonyl (C=O) groups excluding carboxylic acids is 1. The molecular formula is C13H16N2O. The molecule has 1 atom stereocenters. The van der Waals surface area contributed by atoms with Crippen molar-refractivity contribution in [1.29, 1.82) is 0 Å². The zero-order valence-corrected chi connectivity index (χ0v) is 9.44. The van der Waals surface area contributed by atoms with E-state index in [1.165, 1.54) is 12.8 Å². The molecule has 84 valence electrons. The van der Waals surface area contributed by atoms with E-state index in [1.54, 1.807) is 0 Å². The van der Waals surface area contributed by atoms with Crippen LogP contribution in [0.4, 0.5) is 5.69 Å². The first kappa shape index (κ1) is 9.70. The molecule has 1 aliphatic carbocycles. The molecule has 1 saturated carbocycles. The highest BCUT2D eigenvalue weighted by Gasteiger charge is 2.38. The highest BCUT2D eigenvalue weighted by molar-refractivity contribution is 5.99. The highest BCUT2D eigenvalue weighted by atomic mass is 16.2. The van der Waals surface area contributed by atoms with Crippen molar-refractivity contribution in [2.24, 2.45) is 5.92 Å². The van der Waals surface area contributed by atoms with Crippen molar-refractivity contribution < 1.29 is 4.79 Å². The summed E-state index contributed by atoms with van der Waals surface area (Å²) in [6, 6.07) is 5.96. The Kier molecular flexibility index (Phi) is 1.96. The Morgan fingerprint density at radius 2 is 2.19 bits per heavy atom. The third kappa shape index (κ3) is 1.39. The van der Waals surface area contributed by atoms with Crippen LogP contribution in [0.2, 0.25) is 0 Å². The molecule has 0 aromatic heterocycles. The maximum absolute atomic E-state index is 12.2. The van der Waals surface area contributed by atoms with E-state index in [2.05, 4.69) is 6.92 Å². The second-order valence-corrected chi connectivity index (χ2v) is 4.93. The molecule has 2 N–H and O–H groups in total. The van der Waals surface area contributed by atoms with Gasteiger partial charge in [0.1, 0.15) is 0 Å². The van der Waals surface area contributed by atoms with Gasteiger partial charge in [-0.05, 0) is 49.4 Å². The monoisotopic (exact) mass is 216 g/mol. The number of nitrogens with zero attached hydrogens (tertiary/aromatic N) is 1. The first-order chi connectivity index (χ1) is 7.66. The Bertz CT molecular complexity index is 451. The fourth-order valence-corrected chi connectivity index (χ4v) is 2.53. The highest BCUT2D eigenvalue weighted by Crippen LogP contribution is 2.38. The molecule has 3 nitrogen and oxygen atoms in total. The van der Waals surface area contributed by atoms with Crippen molar-refractivity contribution in [1.82, 2.24) is 4.90 Å². The molecule has 3 heteroatoms. The van der Waals surface area contributed by atoms with E-state index in [1.807, 2.05) is 23.1 Å². The van der Waals surface area contributed by atoms with Gasteiger partial charge in [0.25, 0.3) is 5.91 Å². The number of carbonyl (C=O) groups is 1. The summed E-state index contributed by atoms with van der Waals surface area (Å²) in [6.07, 6.45) is 2.53. The first-order valence-corrected chi connectivity index (χ1v) is 5.86. The summed E-state index contributed by atoms with van der Waals surface area (Å²) in [4.78, 5) is 14.2. The van der Waals surface area contributed by atoms with Gasteiger partial charge in [0.05, 0.1) is 0 Å². The summed E-state index contributed by atoms with van der Waals surface area (Å²) < 4.78 is 0. The quantitative estimate of drug-likeness (QED) is 0.769. The molecular weight excluding hydrogens is 200 g/mol. The van der Waals surface area contributed by atoms with Crippen LogP contribution in [0.5, 0.6) is 0 Å². The van der Waals surface area contributed by atoms with Gasteiger partial charge >= 0.3 is 0 Å². The molecule has 1 aliphatic heterocycles. The van der Waals surface area contributed by atoms with Crippen LogP contribution in [-0.4, -0.2) is 16.8 Å². The van der Waals surface area contributed by atoms with Crippen LogP contribution in [-0.2, 0) is 6.54 Å². The Balaban J connectivity index is 1.90. The summed E-state index contributed by atoms with van der Waals surface area (Å²) in [7, 11) is 0. The van der Waals surface area contributed by atoms with Crippen LogP contribution in [0.3, 0.4) is 0 Å². The maximum Gasteiger partial charge on any atom is 0.254 e. The Morgan fingerprint density at radius 3 is 2.88 bits per heavy atom. The predicted molar refractivity (Wildman–Crippen MR) is 62.9 cm³/mol. The molecule has 16 heavy (non-hydrogen) atoms. The smallest absolute Gasteiger partial charge is 0.254 e. The molecule has 3 rings (SSSR count). The van der Waals surface area contributed by atoms with Gasteiger partial charge in [0.15, 0.2) is 0 Å². The number of amides is 1. The van der Waals surface area contributed by atoms with Crippen molar-refractivity contribution in [2.75, 3.05) is 5.73 Å². The number of benzene rings is 1. The summed E-state index contributed by atoms with van der Waals surface area (Å²) in [5.41, 5.74) is 8.40. The number of nitrogen functional groups attached to an aromatic ring is 1. The molecule has 1 aromatic rings.